The van der Waals surface area contributed by atoms with E-state index in [4.69, 9.17) is 0 Å². The van der Waals surface area contributed by atoms with Gasteiger partial charge in [0.2, 0.25) is 0 Å². The molecule has 0 aromatic carbocycles. The normalized spacial score (nSPS) is 12.4. The Labute approximate surface area is 126 Å². The molecule has 1 N–H and O–H groups in total. The van der Waals surface area contributed by atoms with E-state index >= 15 is 0 Å². The average Bonchev–Trinajstić information content (AvgIpc) is 2.83. The molecule has 2 heterocycles. The van der Waals surface area contributed by atoms with Gasteiger partial charge in [0.05, 0.1) is 27.5 Å². The van der Waals surface area contributed by atoms with E-state index in [0.717, 1.165) is 21.7 Å². The van der Waals surface area contributed by atoms with Gasteiger partial charge >= 0.3 is 0 Å². The van der Waals surface area contributed by atoms with Crippen LogP contribution in [-0.4, -0.2) is 17.1 Å². The summed E-state index contributed by atoms with van der Waals surface area (Å²) in [5.74, 6) is 0. The highest BCUT2D eigenvalue weighted by molar-refractivity contribution is 9.11. The second-order valence-corrected chi connectivity index (χ2v) is 6.77. The van der Waals surface area contributed by atoms with Crippen molar-refractivity contribution in [2.45, 2.75) is 26.0 Å². The molecule has 0 aliphatic carbocycles. The minimum absolute atomic E-state index is 0.466. The van der Waals surface area contributed by atoms with Gasteiger partial charge in [0, 0.05) is 13.6 Å². The fraction of sp³-hybridized carbons (Fsp3) is 0.357. The van der Waals surface area contributed by atoms with Gasteiger partial charge in [-0.15, -0.1) is 11.3 Å². The van der Waals surface area contributed by atoms with Crippen LogP contribution in [0.4, 0.5) is 5.69 Å². The molecular formula is C14H17BrN2OS. The molecule has 2 aromatic heterocycles. The largest absolute Gasteiger partial charge is 0.387 e. The third-order valence-corrected chi connectivity index (χ3v) is 4.53. The molecule has 3 nitrogen and oxygen atoms in total. The minimum atomic E-state index is -0.466. The van der Waals surface area contributed by atoms with Crippen LogP contribution in [-0.2, 0) is 6.54 Å². The van der Waals surface area contributed by atoms with E-state index in [1.807, 2.05) is 32.3 Å². The Morgan fingerprint density at radius 2 is 2.26 bits per heavy atom. The monoisotopic (exact) mass is 340 g/mol. The molecule has 5 heteroatoms. The zero-order chi connectivity index (χ0) is 13.8. The Morgan fingerprint density at radius 3 is 2.79 bits per heavy atom. The maximum Gasteiger partial charge on any atom is 0.0957 e. The summed E-state index contributed by atoms with van der Waals surface area (Å²) in [6.45, 7) is 2.79. The summed E-state index contributed by atoms with van der Waals surface area (Å²) in [6, 6.07) is 6.02. The van der Waals surface area contributed by atoms with E-state index in [9.17, 15) is 5.11 Å². The quantitative estimate of drug-likeness (QED) is 0.893. The van der Waals surface area contributed by atoms with E-state index < -0.39 is 6.10 Å². The van der Waals surface area contributed by atoms with E-state index in [0.29, 0.717) is 6.42 Å². The first kappa shape index (κ1) is 14.5. The lowest BCUT2D eigenvalue weighted by molar-refractivity contribution is 0.169. The minimum Gasteiger partial charge on any atom is -0.387 e. The molecule has 0 radical (unpaired) electrons. The van der Waals surface area contributed by atoms with Gasteiger partial charge in [0.15, 0.2) is 0 Å². The first-order valence-electron chi connectivity index (χ1n) is 6.18. The topological polar surface area (TPSA) is 36.4 Å². The number of pyridine rings is 1. The van der Waals surface area contributed by atoms with Crippen molar-refractivity contribution < 1.29 is 5.11 Å². The van der Waals surface area contributed by atoms with Crippen molar-refractivity contribution in [2.24, 2.45) is 0 Å². The Morgan fingerprint density at radius 1 is 1.47 bits per heavy atom. The summed E-state index contributed by atoms with van der Waals surface area (Å²) in [5, 5.41) is 11.9. The molecule has 0 unspecified atom stereocenters. The van der Waals surface area contributed by atoms with Gasteiger partial charge < -0.3 is 10.0 Å². The van der Waals surface area contributed by atoms with Crippen molar-refractivity contribution in [3.63, 3.8) is 0 Å². The molecule has 0 spiro atoms. The van der Waals surface area contributed by atoms with E-state index in [1.165, 1.54) is 5.56 Å². The van der Waals surface area contributed by atoms with E-state index in [1.54, 1.807) is 11.3 Å². The van der Waals surface area contributed by atoms with Gasteiger partial charge in [-0.05, 0) is 51.5 Å². The maximum atomic E-state index is 9.72. The fourth-order valence-electron chi connectivity index (χ4n) is 1.82. The van der Waals surface area contributed by atoms with Gasteiger partial charge in [0.1, 0.15) is 0 Å². The lowest BCUT2D eigenvalue weighted by Crippen LogP contribution is -2.16. The number of hydrogen-bond donors (Lipinski definition) is 1. The number of hydrogen-bond acceptors (Lipinski definition) is 4. The molecule has 102 valence electrons. The number of rotatable bonds is 5. The highest BCUT2D eigenvalue weighted by atomic mass is 79.9. The molecule has 0 amide bonds. The molecule has 0 saturated carbocycles. The van der Waals surface area contributed by atoms with Crippen LogP contribution < -0.4 is 4.90 Å². The van der Waals surface area contributed by atoms with Gasteiger partial charge in [-0.25, -0.2) is 0 Å². The average molecular weight is 341 g/mol. The first-order valence-corrected chi connectivity index (χ1v) is 7.85. The van der Waals surface area contributed by atoms with Gasteiger partial charge in [-0.1, -0.05) is 6.92 Å². The summed E-state index contributed by atoms with van der Waals surface area (Å²) in [7, 11) is 2.04. The highest BCUT2D eigenvalue weighted by Gasteiger charge is 2.08. The van der Waals surface area contributed by atoms with Gasteiger partial charge in [0.25, 0.3) is 0 Å². The summed E-state index contributed by atoms with van der Waals surface area (Å²) in [4.78, 5) is 6.46. The zero-order valence-electron chi connectivity index (χ0n) is 11.0. The van der Waals surface area contributed by atoms with Crippen LogP contribution in [0.15, 0.2) is 33.6 Å². The number of aliphatic hydroxyl groups excluding tert-OH is 1. The summed E-state index contributed by atoms with van der Waals surface area (Å²) in [5.41, 5.74) is 3.06. The van der Waals surface area contributed by atoms with Crippen molar-refractivity contribution in [2.75, 3.05) is 11.9 Å². The van der Waals surface area contributed by atoms with E-state index in [-0.39, 0.29) is 0 Å². The van der Waals surface area contributed by atoms with Crippen molar-refractivity contribution >= 4 is 33.0 Å². The Kier molecular flexibility index (Phi) is 4.96. The SMILES string of the molecule is CC[C@@H](O)c1ccc(N(C)Cc2csc(Br)c2)cn1. The fourth-order valence-corrected chi connectivity index (χ4v) is 3.02. The van der Waals surface area contributed by atoms with Crippen LogP contribution in [0.25, 0.3) is 0 Å². The van der Waals surface area contributed by atoms with Crippen molar-refractivity contribution in [3.8, 4) is 0 Å². The number of aromatic nitrogens is 1. The molecule has 2 aromatic rings. The summed E-state index contributed by atoms with van der Waals surface area (Å²) in [6.07, 6.45) is 2.04. The predicted octanol–water partition coefficient (Wildman–Crippen LogP) is 3.99. The third-order valence-electron chi connectivity index (χ3n) is 2.98. The van der Waals surface area contributed by atoms with Crippen LogP contribution >= 0.6 is 27.3 Å². The van der Waals surface area contributed by atoms with Crippen molar-refractivity contribution in [1.82, 2.24) is 4.98 Å². The predicted molar refractivity (Wildman–Crippen MR) is 83.6 cm³/mol. The Balaban J connectivity index is 2.05. The maximum absolute atomic E-state index is 9.72. The third kappa shape index (κ3) is 3.78. The molecular weight excluding hydrogens is 324 g/mol. The highest BCUT2D eigenvalue weighted by Crippen LogP contribution is 2.23. The Hall–Kier alpha value is -0.910. The standard InChI is InChI=1S/C14H17BrN2OS/c1-3-13(18)12-5-4-11(7-16-12)17(2)8-10-6-14(15)19-9-10/h4-7,9,13,18H,3,8H2,1-2H3/t13-/m1/s1. The molecule has 0 bridgehead atoms. The Bertz CT molecular complexity index is 526. The van der Waals surface area contributed by atoms with E-state index in [2.05, 4.69) is 37.3 Å². The molecule has 0 saturated heterocycles. The van der Waals surface area contributed by atoms with Gasteiger partial charge in [-0.3, -0.25) is 4.98 Å². The van der Waals surface area contributed by atoms with Crippen LogP contribution in [0.5, 0.6) is 0 Å². The second kappa shape index (κ2) is 6.50. The molecule has 2 rings (SSSR count). The molecule has 19 heavy (non-hydrogen) atoms. The smallest absolute Gasteiger partial charge is 0.0957 e. The lowest BCUT2D eigenvalue weighted by atomic mass is 10.2. The molecule has 0 fully saturated rings. The van der Waals surface area contributed by atoms with Gasteiger partial charge in [-0.2, -0.15) is 0 Å². The lowest BCUT2D eigenvalue weighted by Gasteiger charge is -2.19. The van der Waals surface area contributed by atoms with Crippen molar-refractivity contribution in [3.05, 3.63) is 44.8 Å². The number of thiophene rings is 1. The number of nitrogens with zero attached hydrogens (tertiary/aromatic N) is 2. The zero-order valence-corrected chi connectivity index (χ0v) is 13.4. The summed E-state index contributed by atoms with van der Waals surface area (Å²) >= 11 is 5.16. The number of anilines is 1. The molecule has 1 atom stereocenters. The van der Waals surface area contributed by atoms with Crippen LogP contribution in [0.1, 0.15) is 30.7 Å². The first-order chi connectivity index (χ1) is 9.10. The van der Waals surface area contributed by atoms with Crippen LogP contribution in [0.3, 0.4) is 0 Å². The molecule has 0 aliphatic rings. The number of halogens is 1. The van der Waals surface area contributed by atoms with Crippen LogP contribution in [0.2, 0.25) is 0 Å². The van der Waals surface area contributed by atoms with Crippen LogP contribution in [0, 0.1) is 0 Å². The number of aliphatic hydroxyl groups is 1. The summed E-state index contributed by atoms with van der Waals surface area (Å²) < 4.78 is 1.15. The second-order valence-electron chi connectivity index (χ2n) is 4.48. The molecule has 0 aliphatic heterocycles. The van der Waals surface area contributed by atoms with Crippen molar-refractivity contribution in [1.29, 1.82) is 0 Å².